The second-order valence-corrected chi connectivity index (χ2v) is 9.83. The number of hydrogen-bond acceptors (Lipinski definition) is 9. The Labute approximate surface area is 213 Å². The van der Waals surface area contributed by atoms with Crippen molar-refractivity contribution in [1.82, 2.24) is 10.1 Å². The molecule has 0 amide bonds. The number of phenols is 1. The number of carbonyl (C=O) groups is 1. The molecule has 1 aromatic heterocycles. The van der Waals surface area contributed by atoms with Gasteiger partial charge in [-0.3, -0.25) is 9.78 Å². The van der Waals surface area contributed by atoms with Crippen LogP contribution in [0.1, 0.15) is 59.3 Å². The average Bonchev–Trinajstić information content (AvgIpc) is 3.27. The monoisotopic (exact) mass is 525 g/mol. The number of carbonyl (C=O) groups excluding carboxylic acids is 1. The van der Waals surface area contributed by atoms with E-state index in [1.165, 1.54) is 13.8 Å². The Kier molecular flexibility index (Phi) is 14.3. The first kappa shape index (κ1) is 31.6. The summed E-state index contributed by atoms with van der Waals surface area (Å²) in [4.78, 5) is 15.9. The molecular formula is C25H38N2O8P+. The number of nitrogens with one attached hydrogen (secondary N) is 1. The number of aliphatic hydroxyl groups is 2. The largest absolute Gasteiger partial charge is 0.613 e. The zero-order valence-electron chi connectivity index (χ0n) is 21.4. The number of esters is 1. The SMILES string of the molecule is CC(C)(O)O.CC(C)OC(=O)C(C)N[P+](=O)OCC1CCC(c2ccccn2)O1.Oc1ccccc1. The highest BCUT2D eigenvalue weighted by atomic mass is 31.1. The van der Waals surface area contributed by atoms with E-state index < -0.39 is 26.0 Å². The van der Waals surface area contributed by atoms with E-state index in [2.05, 4.69) is 10.1 Å². The molecule has 2 aromatic rings. The second-order valence-electron chi connectivity index (χ2n) is 8.80. The normalized spacial score (nSPS) is 18.3. The molecule has 1 aromatic carbocycles. The van der Waals surface area contributed by atoms with Crippen molar-refractivity contribution in [3.05, 3.63) is 60.4 Å². The molecule has 4 N–H and O–H groups in total. The van der Waals surface area contributed by atoms with Gasteiger partial charge in [0.2, 0.25) is 0 Å². The summed E-state index contributed by atoms with van der Waals surface area (Å²) in [7, 11) is -2.16. The number of rotatable bonds is 8. The summed E-state index contributed by atoms with van der Waals surface area (Å²) in [5, 5.41) is 27.4. The minimum Gasteiger partial charge on any atom is -0.508 e. The number of aromatic nitrogens is 1. The Balaban J connectivity index is 0.000000442. The fraction of sp³-hybridized carbons (Fsp3) is 0.520. The first-order valence-electron chi connectivity index (χ1n) is 11.7. The van der Waals surface area contributed by atoms with Gasteiger partial charge in [0, 0.05) is 6.20 Å². The van der Waals surface area contributed by atoms with Crippen LogP contribution in [0.2, 0.25) is 0 Å². The van der Waals surface area contributed by atoms with Crippen molar-refractivity contribution in [2.45, 2.75) is 77.6 Å². The van der Waals surface area contributed by atoms with Gasteiger partial charge in [-0.15, -0.1) is 4.52 Å². The van der Waals surface area contributed by atoms with Gasteiger partial charge in [0.1, 0.15) is 18.4 Å². The van der Waals surface area contributed by atoms with E-state index in [0.29, 0.717) is 5.75 Å². The fourth-order valence-electron chi connectivity index (χ4n) is 2.77. The van der Waals surface area contributed by atoms with Gasteiger partial charge in [-0.25, -0.2) is 0 Å². The standard InChI is InChI=1S/C16H24N2O5P.C6H6O.C3H8O2/c1-11(2)22-16(19)12(3)18-24(20)21-10-13-7-8-15(23-13)14-6-4-5-9-17-14;7-6-4-2-1-3-5-6;1-3(2,4)5/h4-6,9,11-13,15H,7-8,10H2,1-3H3,(H,18,20);1-5,7H;4-5H,1-2H3/q+1;;. The summed E-state index contributed by atoms with van der Waals surface area (Å²) in [5.41, 5.74) is 0.896. The quantitative estimate of drug-likeness (QED) is 0.226. The lowest BCUT2D eigenvalue weighted by Crippen LogP contribution is -2.33. The van der Waals surface area contributed by atoms with Crippen molar-refractivity contribution in [1.29, 1.82) is 0 Å². The number of aromatic hydroxyl groups is 1. The molecule has 0 bridgehead atoms. The van der Waals surface area contributed by atoms with Crippen molar-refractivity contribution in [2.24, 2.45) is 0 Å². The molecule has 1 saturated heterocycles. The zero-order chi connectivity index (χ0) is 27.1. The van der Waals surface area contributed by atoms with Crippen LogP contribution in [0.5, 0.6) is 5.75 Å². The van der Waals surface area contributed by atoms with E-state index in [9.17, 15) is 9.36 Å². The van der Waals surface area contributed by atoms with Gasteiger partial charge >= 0.3 is 14.1 Å². The summed E-state index contributed by atoms with van der Waals surface area (Å²) in [6, 6.07) is 13.7. The molecule has 2 heterocycles. The van der Waals surface area contributed by atoms with Crippen LogP contribution in [-0.4, -0.2) is 56.9 Å². The van der Waals surface area contributed by atoms with Crippen molar-refractivity contribution < 1.29 is 38.7 Å². The molecule has 11 heteroatoms. The van der Waals surface area contributed by atoms with E-state index in [1.54, 1.807) is 51.2 Å². The molecule has 1 aliphatic heterocycles. The van der Waals surface area contributed by atoms with Crippen LogP contribution in [0, 0.1) is 0 Å². The Bertz CT molecular complexity index is 888. The first-order valence-corrected chi connectivity index (χ1v) is 12.8. The molecule has 1 aliphatic rings. The maximum atomic E-state index is 11.9. The third-order valence-electron chi connectivity index (χ3n) is 4.26. The predicted octanol–water partition coefficient (Wildman–Crippen LogP) is 4.00. The second kappa shape index (κ2) is 16.3. The molecule has 1 fully saturated rings. The van der Waals surface area contributed by atoms with Crippen molar-refractivity contribution in [3.63, 3.8) is 0 Å². The number of nitrogens with zero attached hydrogens (tertiary/aromatic N) is 1. The summed E-state index contributed by atoms with van der Waals surface area (Å²) in [6.45, 7) is 7.91. The smallest absolute Gasteiger partial charge is 0.508 e. The third-order valence-corrected chi connectivity index (χ3v) is 5.25. The van der Waals surface area contributed by atoms with E-state index in [-0.39, 0.29) is 24.9 Å². The van der Waals surface area contributed by atoms with Crippen molar-refractivity contribution in [3.8, 4) is 5.75 Å². The third kappa shape index (κ3) is 15.5. The maximum absolute atomic E-state index is 11.9. The number of benzene rings is 1. The number of ether oxygens (including phenoxy) is 2. The topological polar surface area (TPSA) is 147 Å². The number of hydrogen-bond donors (Lipinski definition) is 4. The minimum absolute atomic E-state index is 0.0504. The van der Waals surface area contributed by atoms with Gasteiger partial charge in [0.15, 0.2) is 5.79 Å². The molecule has 0 spiro atoms. The molecule has 200 valence electrons. The Hall–Kier alpha value is -2.46. The summed E-state index contributed by atoms with van der Waals surface area (Å²) < 4.78 is 28.1. The minimum atomic E-state index is -2.16. The van der Waals surface area contributed by atoms with Gasteiger partial charge < -0.3 is 24.8 Å². The van der Waals surface area contributed by atoms with E-state index in [4.69, 9.17) is 29.3 Å². The molecule has 0 aliphatic carbocycles. The Morgan fingerprint density at radius 2 is 1.75 bits per heavy atom. The van der Waals surface area contributed by atoms with Crippen LogP contribution in [0.3, 0.4) is 0 Å². The van der Waals surface area contributed by atoms with Crippen LogP contribution in [0.15, 0.2) is 54.7 Å². The maximum Gasteiger partial charge on any atom is 0.613 e. The van der Waals surface area contributed by atoms with E-state index >= 15 is 0 Å². The van der Waals surface area contributed by atoms with Gasteiger partial charge in [-0.2, -0.15) is 0 Å². The summed E-state index contributed by atoms with van der Waals surface area (Å²) in [6.07, 6.45) is 3.01. The lowest BCUT2D eigenvalue weighted by Gasteiger charge is -2.12. The highest BCUT2D eigenvalue weighted by Gasteiger charge is 2.32. The Morgan fingerprint density at radius 1 is 1.14 bits per heavy atom. The fourth-order valence-corrected chi connectivity index (χ4v) is 3.57. The molecule has 0 radical (unpaired) electrons. The van der Waals surface area contributed by atoms with Crippen LogP contribution >= 0.6 is 8.18 Å². The molecular weight excluding hydrogens is 487 g/mol. The van der Waals surface area contributed by atoms with Gasteiger partial charge in [0.25, 0.3) is 0 Å². The van der Waals surface area contributed by atoms with Gasteiger partial charge in [0.05, 0.1) is 24.0 Å². The molecule has 4 atom stereocenters. The molecule has 0 saturated carbocycles. The summed E-state index contributed by atoms with van der Waals surface area (Å²) >= 11 is 0. The van der Waals surface area contributed by atoms with E-state index in [0.717, 1.165) is 18.5 Å². The molecule has 10 nitrogen and oxygen atoms in total. The van der Waals surface area contributed by atoms with Crippen LogP contribution < -0.4 is 5.09 Å². The highest BCUT2D eigenvalue weighted by Crippen LogP contribution is 2.32. The zero-order valence-corrected chi connectivity index (χ0v) is 22.3. The van der Waals surface area contributed by atoms with Crippen LogP contribution in [-0.2, 0) is 23.4 Å². The number of pyridine rings is 1. The Morgan fingerprint density at radius 3 is 2.25 bits per heavy atom. The molecule has 4 unspecified atom stereocenters. The number of phenolic OH excluding ortho intramolecular Hbond substituents is 1. The summed E-state index contributed by atoms with van der Waals surface area (Å²) in [5.74, 6) is -1.63. The number of para-hydroxylation sites is 1. The van der Waals surface area contributed by atoms with Crippen molar-refractivity contribution >= 4 is 14.1 Å². The van der Waals surface area contributed by atoms with Crippen LogP contribution in [0.4, 0.5) is 0 Å². The van der Waals surface area contributed by atoms with Gasteiger partial charge in [-0.1, -0.05) is 29.4 Å². The predicted molar refractivity (Wildman–Crippen MR) is 135 cm³/mol. The van der Waals surface area contributed by atoms with Crippen LogP contribution in [0.25, 0.3) is 0 Å². The lowest BCUT2D eigenvalue weighted by atomic mass is 10.1. The average molecular weight is 526 g/mol. The highest BCUT2D eigenvalue weighted by molar-refractivity contribution is 7.36. The molecule has 3 rings (SSSR count). The molecule has 36 heavy (non-hydrogen) atoms. The van der Waals surface area contributed by atoms with Gasteiger partial charge in [-0.05, 0) is 76.3 Å². The first-order chi connectivity index (χ1) is 16.8. The van der Waals surface area contributed by atoms with Crippen molar-refractivity contribution in [2.75, 3.05) is 6.61 Å². The lowest BCUT2D eigenvalue weighted by molar-refractivity contribution is -0.149. The van der Waals surface area contributed by atoms with E-state index in [1.807, 2.05) is 24.3 Å².